The smallest absolute Gasteiger partial charge is 0.416 e. The molecule has 2 N–H and O–H groups in total. The number of carbonyl (C=O) groups excluding carboxylic acids is 2. The largest absolute Gasteiger partial charge is 0.504 e. The van der Waals surface area contributed by atoms with E-state index in [-0.39, 0.29) is 64.0 Å². The van der Waals surface area contributed by atoms with E-state index in [2.05, 4.69) is 25.4 Å². The molecule has 1 aliphatic heterocycles. The first-order valence-electron chi connectivity index (χ1n) is 17.4. The zero-order valence-electron chi connectivity index (χ0n) is 30.2. The fourth-order valence-corrected chi connectivity index (χ4v) is 8.06. The maximum atomic E-state index is 15.6. The first kappa shape index (κ1) is 37.9. The second-order valence-corrected chi connectivity index (χ2v) is 14.8. The Morgan fingerprint density at radius 2 is 1.84 bits per heavy atom. The van der Waals surface area contributed by atoms with Crippen LogP contribution in [0.2, 0.25) is 5.02 Å². The van der Waals surface area contributed by atoms with Crippen LogP contribution in [0.5, 0.6) is 5.75 Å². The van der Waals surface area contributed by atoms with Crippen molar-refractivity contribution in [2.45, 2.75) is 63.7 Å². The molecule has 0 saturated carbocycles. The molecule has 1 spiro atoms. The Morgan fingerprint density at radius 3 is 2.49 bits per heavy atom. The number of aromatic hydroxyl groups is 1. The highest BCUT2D eigenvalue weighted by molar-refractivity contribution is 6.33. The molecule has 55 heavy (non-hydrogen) atoms. The van der Waals surface area contributed by atoms with E-state index in [1.807, 2.05) is 25.9 Å². The van der Waals surface area contributed by atoms with Crippen molar-refractivity contribution in [3.05, 3.63) is 97.7 Å². The van der Waals surface area contributed by atoms with Crippen LogP contribution < -0.4 is 10.9 Å². The van der Waals surface area contributed by atoms with Gasteiger partial charge in [-0.1, -0.05) is 24.6 Å². The average Bonchev–Trinajstić information content (AvgIpc) is 3.68. The standard InChI is InChI=1S/C37H36ClF4N9O4/c1-19-15-36(9-11-49(12-10-36)34(55)29-31(53)20(2)43-18-44-29)28-30(19)50(17-27(52)45-26-8-6-22(14-24(26)38)37(40,41)42)35-46-32(47-51(35)33(28)54)23-7-5-21(13-25(23)39)16-48(3)4/h5-8,13-14,18-19,53H,9-12,15-17H2,1-4H3,(H,45,52)/t19-/m0/s1. The number of benzene rings is 2. The van der Waals surface area contributed by atoms with Gasteiger partial charge in [-0.3, -0.25) is 14.4 Å². The van der Waals surface area contributed by atoms with E-state index in [1.165, 1.54) is 23.0 Å². The molecule has 1 fully saturated rings. The minimum Gasteiger partial charge on any atom is -0.504 e. The molecule has 1 saturated heterocycles. The molecule has 1 aliphatic carbocycles. The highest BCUT2D eigenvalue weighted by Crippen LogP contribution is 2.50. The lowest BCUT2D eigenvalue weighted by atomic mass is 9.73. The van der Waals surface area contributed by atoms with Gasteiger partial charge in [0, 0.05) is 36.3 Å². The molecule has 18 heteroatoms. The summed E-state index contributed by atoms with van der Waals surface area (Å²) in [6.45, 7) is 3.96. The van der Waals surface area contributed by atoms with E-state index in [0.717, 1.165) is 16.6 Å². The number of amides is 2. The lowest BCUT2D eigenvalue weighted by Crippen LogP contribution is -2.46. The van der Waals surface area contributed by atoms with E-state index in [9.17, 15) is 32.7 Å². The summed E-state index contributed by atoms with van der Waals surface area (Å²) in [6.07, 6.45) is -2.23. The molecular formula is C37H36ClF4N9O4. The van der Waals surface area contributed by atoms with Crippen molar-refractivity contribution in [1.29, 1.82) is 0 Å². The van der Waals surface area contributed by atoms with Crippen LogP contribution in [0.4, 0.5) is 23.2 Å². The van der Waals surface area contributed by atoms with Crippen molar-refractivity contribution in [2.75, 3.05) is 32.5 Å². The van der Waals surface area contributed by atoms with Crippen LogP contribution in [0.3, 0.4) is 0 Å². The second kappa shape index (κ2) is 14.0. The predicted octanol–water partition coefficient (Wildman–Crippen LogP) is 5.55. The molecule has 5 aromatic rings. The Morgan fingerprint density at radius 1 is 1.11 bits per heavy atom. The van der Waals surface area contributed by atoms with E-state index in [1.54, 1.807) is 17.9 Å². The number of carbonyl (C=O) groups is 2. The Balaban J connectivity index is 1.29. The van der Waals surface area contributed by atoms with Crippen LogP contribution in [-0.4, -0.2) is 83.0 Å². The first-order chi connectivity index (χ1) is 26.0. The molecule has 0 unspecified atom stereocenters. The number of aryl methyl sites for hydroxylation is 1. The third-order valence-electron chi connectivity index (χ3n) is 10.3. The second-order valence-electron chi connectivity index (χ2n) is 14.4. The van der Waals surface area contributed by atoms with Crippen molar-refractivity contribution in [3.8, 4) is 17.1 Å². The van der Waals surface area contributed by atoms with Gasteiger partial charge < -0.3 is 24.8 Å². The number of likely N-dealkylation sites (tertiary alicyclic amines) is 1. The number of piperidine rings is 1. The lowest BCUT2D eigenvalue weighted by Gasteiger charge is -2.39. The predicted molar refractivity (Wildman–Crippen MR) is 193 cm³/mol. The van der Waals surface area contributed by atoms with Crippen LogP contribution in [0.15, 0.2) is 47.5 Å². The maximum absolute atomic E-state index is 15.6. The summed E-state index contributed by atoms with van der Waals surface area (Å²) in [5.74, 6) is -2.48. The zero-order chi connectivity index (χ0) is 39.6. The molecule has 2 aliphatic rings. The molecule has 1 atom stereocenters. The van der Waals surface area contributed by atoms with Crippen LogP contribution >= 0.6 is 11.6 Å². The summed E-state index contributed by atoms with van der Waals surface area (Å²) in [5.41, 5.74) is -0.500. The number of aromatic nitrogens is 6. The van der Waals surface area contributed by atoms with Gasteiger partial charge in [-0.05, 0) is 82.1 Å². The van der Waals surface area contributed by atoms with Gasteiger partial charge in [-0.2, -0.15) is 22.7 Å². The minimum atomic E-state index is -4.64. The summed E-state index contributed by atoms with van der Waals surface area (Å²) in [7, 11) is 3.70. The van der Waals surface area contributed by atoms with Crippen molar-refractivity contribution in [2.24, 2.45) is 0 Å². The highest BCUT2D eigenvalue weighted by atomic mass is 35.5. The number of rotatable bonds is 7. The number of fused-ring (bicyclic) bond motifs is 3. The fraction of sp³-hybridized carbons (Fsp3) is 0.378. The van der Waals surface area contributed by atoms with E-state index in [0.29, 0.717) is 48.7 Å². The number of hydrogen-bond donors (Lipinski definition) is 2. The van der Waals surface area contributed by atoms with Crippen LogP contribution in [0, 0.1) is 12.7 Å². The molecular weight excluding hydrogens is 746 g/mol. The zero-order valence-corrected chi connectivity index (χ0v) is 31.0. The number of hydrogen-bond acceptors (Lipinski definition) is 9. The van der Waals surface area contributed by atoms with E-state index < -0.39 is 46.9 Å². The van der Waals surface area contributed by atoms with Crippen LogP contribution in [0.1, 0.15) is 70.7 Å². The summed E-state index contributed by atoms with van der Waals surface area (Å²) in [5, 5.41) is 17.2. The number of halogens is 5. The Labute approximate surface area is 316 Å². The third-order valence-corrected chi connectivity index (χ3v) is 10.7. The van der Waals surface area contributed by atoms with Gasteiger partial charge in [0.15, 0.2) is 17.3 Å². The monoisotopic (exact) mass is 781 g/mol. The van der Waals surface area contributed by atoms with Gasteiger partial charge >= 0.3 is 6.18 Å². The number of nitrogens with zero attached hydrogens (tertiary/aromatic N) is 8. The molecule has 4 heterocycles. The molecule has 3 aromatic heterocycles. The molecule has 2 aromatic carbocycles. The van der Waals surface area contributed by atoms with Gasteiger partial charge in [0.1, 0.15) is 18.7 Å². The van der Waals surface area contributed by atoms with Crippen LogP contribution in [0.25, 0.3) is 17.2 Å². The van der Waals surface area contributed by atoms with E-state index >= 15 is 4.39 Å². The normalized spacial score (nSPS) is 16.6. The summed E-state index contributed by atoms with van der Waals surface area (Å²) in [6, 6.07) is 7.19. The number of alkyl halides is 3. The third kappa shape index (κ3) is 6.90. The Bertz CT molecular complexity index is 2420. The molecule has 0 bridgehead atoms. The molecule has 7 rings (SSSR count). The summed E-state index contributed by atoms with van der Waals surface area (Å²) in [4.78, 5) is 57.6. The highest BCUT2D eigenvalue weighted by Gasteiger charge is 2.49. The van der Waals surface area contributed by atoms with Gasteiger partial charge in [0.2, 0.25) is 11.7 Å². The molecule has 13 nitrogen and oxygen atoms in total. The lowest BCUT2D eigenvalue weighted by molar-refractivity contribution is -0.137. The van der Waals surface area contributed by atoms with Crippen molar-refractivity contribution in [1.82, 2.24) is 38.9 Å². The molecule has 0 radical (unpaired) electrons. The Kier molecular flexibility index (Phi) is 9.65. The Hall–Kier alpha value is -5.42. The topological polar surface area (TPSA) is 151 Å². The maximum Gasteiger partial charge on any atom is 0.416 e. The summed E-state index contributed by atoms with van der Waals surface area (Å²) < 4.78 is 58.0. The van der Waals surface area contributed by atoms with E-state index in [4.69, 9.17) is 11.6 Å². The minimum absolute atomic E-state index is 0.0321. The summed E-state index contributed by atoms with van der Waals surface area (Å²) >= 11 is 6.15. The van der Waals surface area contributed by atoms with Crippen molar-refractivity contribution < 1.29 is 32.3 Å². The van der Waals surface area contributed by atoms with Crippen molar-refractivity contribution >= 4 is 34.9 Å². The SMILES string of the molecule is Cc1ncnc(C(=O)N2CCC3(CC2)C[C@H](C)c2c3c(=O)n3nc(-c4ccc(CN(C)C)cc4F)nc3n2CC(=O)Nc2ccc(C(F)(F)F)cc2Cl)c1O. The quantitative estimate of drug-likeness (QED) is 0.203. The number of nitrogens with one attached hydrogen (secondary N) is 1. The molecule has 2 amide bonds. The average molecular weight is 782 g/mol. The van der Waals surface area contributed by atoms with Gasteiger partial charge in [0.05, 0.1) is 27.5 Å². The van der Waals surface area contributed by atoms with Gasteiger partial charge in [-0.15, -0.1) is 5.10 Å². The van der Waals surface area contributed by atoms with Crippen LogP contribution in [-0.2, 0) is 29.5 Å². The first-order valence-corrected chi connectivity index (χ1v) is 17.8. The van der Waals surface area contributed by atoms with Crippen molar-refractivity contribution in [3.63, 3.8) is 0 Å². The number of anilines is 1. The van der Waals surface area contributed by atoms with Gasteiger partial charge in [-0.25, -0.2) is 14.4 Å². The fourth-order valence-electron chi connectivity index (χ4n) is 7.83. The van der Waals surface area contributed by atoms with Gasteiger partial charge in [0.25, 0.3) is 11.5 Å². The molecule has 288 valence electrons.